The van der Waals surface area contributed by atoms with Crippen LogP contribution in [0.4, 0.5) is 0 Å². The largest absolute Gasteiger partial charge is 0.475 e. The summed E-state index contributed by atoms with van der Waals surface area (Å²) in [6, 6.07) is 2.57. The molecule has 7 heteroatoms. The lowest BCUT2D eigenvalue weighted by molar-refractivity contribution is 0.0659. The van der Waals surface area contributed by atoms with Gasteiger partial charge in [-0.25, -0.2) is 9.78 Å². The minimum absolute atomic E-state index is 0.0198. The van der Waals surface area contributed by atoms with Gasteiger partial charge in [0.2, 0.25) is 5.76 Å². The van der Waals surface area contributed by atoms with Crippen LogP contribution in [0.1, 0.15) is 31.0 Å². The zero-order valence-corrected chi connectivity index (χ0v) is 10.3. The molecule has 0 aliphatic rings. The van der Waals surface area contributed by atoms with Gasteiger partial charge in [-0.3, -0.25) is 4.79 Å². The van der Waals surface area contributed by atoms with Crippen LogP contribution in [0.5, 0.6) is 0 Å². The zero-order chi connectivity index (χ0) is 13.1. The third kappa shape index (κ3) is 2.75. The van der Waals surface area contributed by atoms with Gasteiger partial charge in [-0.2, -0.15) is 0 Å². The number of nitrogens with one attached hydrogen (secondary N) is 1. The molecule has 0 fully saturated rings. The Kier molecular flexibility index (Phi) is 3.42. The van der Waals surface area contributed by atoms with Crippen molar-refractivity contribution in [3.8, 4) is 0 Å². The Labute approximate surface area is 106 Å². The Balaban J connectivity index is 1.97. The molecule has 0 unspecified atom stereocenters. The summed E-state index contributed by atoms with van der Waals surface area (Å²) < 4.78 is 4.88. The van der Waals surface area contributed by atoms with Gasteiger partial charge in [0, 0.05) is 11.1 Å². The van der Waals surface area contributed by atoms with Crippen LogP contribution in [-0.4, -0.2) is 22.0 Å². The quantitative estimate of drug-likeness (QED) is 0.878. The molecular weight excluding hydrogens is 256 g/mol. The molecule has 0 bridgehead atoms. The predicted octanol–water partition coefficient (Wildman–Crippen LogP) is 1.67. The molecule has 2 heterocycles. The van der Waals surface area contributed by atoms with E-state index in [-0.39, 0.29) is 11.5 Å². The van der Waals surface area contributed by atoms with Crippen LogP contribution in [0.3, 0.4) is 0 Å². The molecule has 94 valence electrons. The van der Waals surface area contributed by atoms with Gasteiger partial charge in [0.15, 0.2) is 5.76 Å². The van der Waals surface area contributed by atoms with E-state index >= 15 is 0 Å². The van der Waals surface area contributed by atoms with E-state index in [1.54, 1.807) is 6.20 Å². The molecule has 0 radical (unpaired) electrons. The van der Waals surface area contributed by atoms with E-state index in [4.69, 9.17) is 9.52 Å². The number of carbonyl (C=O) groups excluding carboxylic acids is 1. The highest BCUT2D eigenvalue weighted by Gasteiger charge is 2.14. The van der Waals surface area contributed by atoms with Gasteiger partial charge in [-0.05, 0) is 19.1 Å². The zero-order valence-electron chi connectivity index (χ0n) is 9.47. The number of aromatic nitrogens is 1. The van der Waals surface area contributed by atoms with Gasteiger partial charge >= 0.3 is 5.97 Å². The van der Waals surface area contributed by atoms with Crippen molar-refractivity contribution < 1.29 is 19.1 Å². The second-order valence-corrected chi connectivity index (χ2v) is 4.82. The fourth-order valence-electron chi connectivity index (χ4n) is 1.32. The maximum Gasteiger partial charge on any atom is 0.371 e. The van der Waals surface area contributed by atoms with Crippen molar-refractivity contribution in [2.24, 2.45) is 0 Å². The first-order valence-electron chi connectivity index (χ1n) is 5.09. The summed E-state index contributed by atoms with van der Waals surface area (Å²) in [4.78, 5) is 27.2. The molecule has 0 saturated carbocycles. The Hall–Kier alpha value is -2.15. The molecule has 0 atom stereocenters. The van der Waals surface area contributed by atoms with Crippen LogP contribution in [0, 0.1) is 6.92 Å². The third-order valence-corrected chi connectivity index (χ3v) is 3.05. The number of furan rings is 1. The predicted molar refractivity (Wildman–Crippen MR) is 63.7 cm³/mol. The van der Waals surface area contributed by atoms with Crippen molar-refractivity contribution in [3.05, 3.63) is 39.7 Å². The number of carboxylic acid groups (broad SMARTS) is 1. The summed E-state index contributed by atoms with van der Waals surface area (Å²) in [5, 5.41) is 12.2. The van der Waals surface area contributed by atoms with Crippen LogP contribution in [-0.2, 0) is 6.54 Å². The number of aromatic carboxylic acids is 1. The number of nitrogens with zero attached hydrogens (tertiary/aromatic N) is 1. The Morgan fingerprint density at radius 1 is 1.44 bits per heavy atom. The van der Waals surface area contributed by atoms with E-state index < -0.39 is 11.9 Å². The number of aryl methyl sites for hydroxylation is 1. The number of rotatable bonds is 4. The number of carbonyl (C=O) groups is 2. The average molecular weight is 266 g/mol. The van der Waals surface area contributed by atoms with Gasteiger partial charge in [-0.1, -0.05) is 0 Å². The van der Waals surface area contributed by atoms with Crippen LogP contribution >= 0.6 is 11.3 Å². The molecule has 18 heavy (non-hydrogen) atoms. The smallest absolute Gasteiger partial charge is 0.371 e. The summed E-state index contributed by atoms with van der Waals surface area (Å²) >= 11 is 1.48. The Morgan fingerprint density at radius 3 is 2.72 bits per heavy atom. The lowest BCUT2D eigenvalue weighted by Gasteiger charge is -1.99. The fourth-order valence-corrected chi connectivity index (χ4v) is 2.05. The van der Waals surface area contributed by atoms with Gasteiger partial charge in [0.05, 0.1) is 11.6 Å². The van der Waals surface area contributed by atoms with E-state index in [9.17, 15) is 9.59 Å². The summed E-state index contributed by atoms with van der Waals surface area (Å²) in [6.07, 6.45) is 1.69. The van der Waals surface area contributed by atoms with Crippen molar-refractivity contribution in [2.75, 3.05) is 0 Å². The van der Waals surface area contributed by atoms with Gasteiger partial charge in [0.25, 0.3) is 5.91 Å². The first kappa shape index (κ1) is 12.3. The number of amides is 1. The SMILES string of the molecule is Cc1ncc(CNC(=O)c2ccc(C(=O)O)o2)s1. The third-order valence-electron chi connectivity index (χ3n) is 2.13. The summed E-state index contributed by atoms with van der Waals surface area (Å²) in [7, 11) is 0. The normalized spacial score (nSPS) is 10.3. The monoisotopic (exact) mass is 266 g/mol. The minimum atomic E-state index is -1.20. The standard InChI is InChI=1S/C11H10N2O4S/c1-6-12-4-7(18-6)5-13-10(14)8-2-3-9(17-8)11(15)16/h2-4H,5H2,1H3,(H,13,14)(H,15,16). The second kappa shape index (κ2) is 5.01. The molecule has 0 aliphatic heterocycles. The Morgan fingerprint density at radius 2 is 2.17 bits per heavy atom. The second-order valence-electron chi connectivity index (χ2n) is 3.50. The van der Waals surface area contributed by atoms with Crippen molar-refractivity contribution in [2.45, 2.75) is 13.5 Å². The fraction of sp³-hybridized carbons (Fsp3) is 0.182. The first-order valence-corrected chi connectivity index (χ1v) is 5.90. The number of hydrogen-bond acceptors (Lipinski definition) is 5. The number of hydrogen-bond donors (Lipinski definition) is 2. The lowest BCUT2D eigenvalue weighted by Crippen LogP contribution is -2.21. The molecule has 0 aliphatic carbocycles. The highest BCUT2D eigenvalue weighted by Crippen LogP contribution is 2.12. The molecule has 2 N–H and O–H groups in total. The van der Waals surface area contributed by atoms with E-state index in [2.05, 4.69) is 10.3 Å². The van der Waals surface area contributed by atoms with Gasteiger partial charge in [0.1, 0.15) is 0 Å². The molecule has 6 nitrogen and oxygen atoms in total. The van der Waals surface area contributed by atoms with Crippen molar-refractivity contribution in [3.63, 3.8) is 0 Å². The number of carboxylic acids is 1. The molecule has 2 rings (SSSR count). The maximum absolute atomic E-state index is 11.6. The van der Waals surface area contributed by atoms with Crippen LogP contribution in [0.15, 0.2) is 22.7 Å². The maximum atomic E-state index is 11.6. The van der Waals surface area contributed by atoms with Gasteiger partial charge in [-0.15, -0.1) is 11.3 Å². The first-order chi connectivity index (χ1) is 8.56. The molecule has 2 aromatic rings. The lowest BCUT2D eigenvalue weighted by atomic mass is 10.4. The van der Waals surface area contributed by atoms with Crippen molar-refractivity contribution >= 4 is 23.2 Å². The summed E-state index contributed by atoms with van der Waals surface area (Å²) in [5.41, 5.74) is 0. The van der Waals surface area contributed by atoms with E-state index in [0.717, 1.165) is 9.88 Å². The van der Waals surface area contributed by atoms with E-state index in [1.165, 1.54) is 23.5 Å². The van der Waals surface area contributed by atoms with E-state index in [0.29, 0.717) is 6.54 Å². The number of thiazole rings is 1. The molecule has 0 saturated heterocycles. The molecule has 2 aromatic heterocycles. The molecule has 1 amide bonds. The summed E-state index contributed by atoms with van der Waals surface area (Å²) in [5.74, 6) is -1.93. The van der Waals surface area contributed by atoms with Crippen LogP contribution < -0.4 is 5.32 Å². The minimum Gasteiger partial charge on any atom is -0.475 e. The molecule has 0 aromatic carbocycles. The summed E-state index contributed by atoms with van der Waals surface area (Å²) in [6.45, 7) is 2.22. The average Bonchev–Trinajstić information content (AvgIpc) is 2.94. The molecular formula is C11H10N2O4S. The van der Waals surface area contributed by atoms with E-state index in [1.807, 2.05) is 6.92 Å². The Bertz CT molecular complexity index is 587. The molecule has 0 spiro atoms. The van der Waals surface area contributed by atoms with Crippen LogP contribution in [0.25, 0.3) is 0 Å². The van der Waals surface area contributed by atoms with Crippen LogP contribution in [0.2, 0.25) is 0 Å². The van der Waals surface area contributed by atoms with Crippen molar-refractivity contribution in [1.82, 2.24) is 10.3 Å². The highest BCUT2D eigenvalue weighted by atomic mass is 32.1. The highest BCUT2D eigenvalue weighted by molar-refractivity contribution is 7.11. The van der Waals surface area contributed by atoms with Crippen molar-refractivity contribution in [1.29, 1.82) is 0 Å². The topological polar surface area (TPSA) is 92.4 Å². The van der Waals surface area contributed by atoms with Gasteiger partial charge < -0.3 is 14.8 Å².